The minimum absolute atomic E-state index is 0.0286. The van der Waals surface area contributed by atoms with Crippen LogP contribution >= 0.6 is 0 Å². The molecule has 5 nitrogen and oxygen atoms in total. The molecular weight excluding hydrogens is 419 g/mol. The molecule has 0 unspecified atom stereocenters. The number of hydrogen-bond donors (Lipinski definition) is 2. The van der Waals surface area contributed by atoms with E-state index in [1.54, 1.807) is 0 Å². The van der Waals surface area contributed by atoms with Crippen molar-refractivity contribution >= 4 is 11.7 Å². The highest BCUT2D eigenvalue weighted by Gasteiger charge is 2.41. The Morgan fingerprint density at radius 2 is 1.48 bits per heavy atom. The van der Waals surface area contributed by atoms with Crippen molar-refractivity contribution < 1.29 is 19.1 Å². The lowest BCUT2D eigenvalue weighted by Gasteiger charge is -2.17. The number of aliphatic hydroxyl groups is 1. The molecule has 0 spiro atoms. The maximum absolute atomic E-state index is 13.3. The molecule has 2 atom stereocenters. The van der Waals surface area contributed by atoms with Gasteiger partial charge in [0.15, 0.2) is 5.78 Å². The average molecular weight is 447 g/mol. The zero-order valence-electron chi connectivity index (χ0n) is 18.3. The first-order chi connectivity index (χ1) is 16.0. The van der Waals surface area contributed by atoms with Crippen molar-refractivity contribution in [1.82, 2.24) is 10.2 Å². The summed E-state index contributed by atoms with van der Waals surface area (Å²) in [5.41, 5.74) is 3.26. The number of Topliss-reactive ketones (excluding diaryl/α,β-unsaturated/α-hetero) is 1. The molecule has 1 aliphatic heterocycles. The Balaban J connectivity index is 1.48. The standard InChI is InChI=1S/C27H27FN2O3/c28-23-12-10-22(11-13-23)26(32)24-16-30(15-20-4-2-1-3-5-20)17-25(24)27(33)29-14-19-6-8-21(18-31)9-7-19/h1-13,24-25,31H,14-18H2,(H,29,33)/t24-,25-/m1/s1. The number of nitrogens with zero attached hydrogens (tertiary/aromatic N) is 1. The third-order valence-corrected chi connectivity index (χ3v) is 6.12. The Kier molecular flexibility index (Phi) is 7.27. The summed E-state index contributed by atoms with van der Waals surface area (Å²) >= 11 is 0. The SMILES string of the molecule is O=C(NCc1ccc(CO)cc1)[C@@H]1CN(Cc2ccccc2)C[C@H]1C(=O)c1ccc(F)cc1. The van der Waals surface area contributed by atoms with Crippen molar-refractivity contribution in [3.8, 4) is 0 Å². The quantitative estimate of drug-likeness (QED) is 0.519. The summed E-state index contributed by atoms with van der Waals surface area (Å²) in [6.45, 7) is 1.91. The molecule has 6 heteroatoms. The number of hydrogen-bond acceptors (Lipinski definition) is 4. The highest BCUT2D eigenvalue weighted by Crippen LogP contribution is 2.29. The fourth-order valence-corrected chi connectivity index (χ4v) is 4.30. The first kappa shape index (κ1) is 22.8. The highest BCUT2D eigenvalue weighted by atomic mass is 19.1. The molecular formula is C27H27FN2O3. The third-order valence-electron chi connectivity index (χ3n) is 6.12. The van der Waals surface area contributed by atoms with Crippen molar-refractivity contribution in [2.75, 3.05) is 13.1 Å². The van der Waals surface area contributed by atoms with Crippen molar-refractivity contribution in [3.63, 3.8) is 0 Å². The van der Waals surface area contributed by atoms with Gasteiger partial charge in [0, 0.05) is 37.7 Å². The Labute approximate surface area is 192 Å². The first-order valence-electron chi connectivity index (χ1n) is 11.1. The van der Waals surface area contributed by atoms with Gasteiger partial charge in [0.25, 0.3) is 0 Å². The fraction of sp³-hybridized carbons (Fsp3) is 0.259. The lowest BCUT2D eigenvalue weighted by atomic mass is 9.87. The van der Waals surface area contributed by atoms with Crippen molar-refractivity contribution in [1.29, 1.82) is 0 Å². The van der Waals surface area contributed by atoms with E-state index in [9.17, 15) is 19.1 Å². The predicted molar refractivity (Wildman–Crippen MR) is 124 cm³/mol. The molecule has 170 valence electrons. The van der Waals surface area contributed by atoms with Crippen LogP contribution in [0.1, 0.15) is 27.0 Å². The van der Waals surface area contributed by atoms with Gasteiger partial charge in [-0.2, -0.15) is 0 Å². The van der Waals surface area contributed by atoms with E-state index in [2.05, 4.69) is 10.2 Å². The lowest BCUT2D eigenvalue weighted by Crippen LogP contribution is -2.37. The zero-order chi connectivity index (χ0) is 23.2. The summed E-state index contributed by atoms with van der Waals surface area (Å²) in [5.74, 6) is -1.71. The number of halogens is 1. The smallest absolute Gasteiger partial charge is 0.225 e. The summed E-state index contributed by atoms with van der Waals surface area (Å²) in [5, 5.41) is 12.2. The maximum Gasteiger partial charge on any atom is 0.225 e. The van der Waals surface area contributed by atoms with Crippen molar-refractivity contribution in [3.05, 3.63) is 107 Å². The minimum Gasteiger partial charge on any atom is -0.392 e. The van der Waals surface area contributed by atoms with E-state index in [1.807, 2.05) is 54.6 Å². The summed E-state index contributed by atoms with van der Waals surface area (Å²) in [7, 11) is 0. The zero-order valence-corrected chi connectivity index (χ0v) is 18.3. The Hall–Kier alpha value is -3.35. The van der Waals surface area contributed by atoms with Gasteiger partial charge in [-0.25, -0.2) is 4.39 Å². The van der Waals surface area contributed by atoms with Gasteiger partial charge in [0.2, 0.25) is 5.91 Å². The van der Waals surface area contributed by atoms with Crippen LogP contribution in [0.5, 0.6) is 0 Å². The van der Waals surface area contributed by atoms with Crippen molar-refractivity contribution in [2.45, 2.75) is 19.7 Å². The van der Waals surface area contributed by atoms with E-state index in [1.165, 1.54) is 24.3 Å². The van der Waals surface area contributed by atoms with Crippen LogP contribution in [0.3, 0.4) is 0 Å². The minimum atomic E-state index is -0.504. The van der Waals surface area contributed by atoms with Gasteiger partial charge in [-0.15, -0.1) is 0 Å². The number of ketones is 1. The number of likely N-dealkylation sites (tertiary alicyclic amines) is 1. The molecule has 3 aromatic carbocycles. The molecule has 4 rings (SSSR count). The van der Waals surface area contributed by atoms with Crippen LogP contribution in [-0.2, 0) is 24.5 Å². The van der Waals surface area contributed by atoms with Gasteiger partial charge in [-0.3, -0.25) is 14.5 Å². The van der Waals surface area contributed by atoms with Gasteiger partial charge < -0.3 is 10.4 Å². The molecule has 2 N–H and O–H groups in total. The molecule has 1 aliphatic rings. The fourth-order valence-electron chi connectivity index (χ4n) is 4.30. The largest absolute Gasteiger partial charge is 0.392 e. The van der Waals surface area contributed by atoms with Gasteiger partial charge in [0.1, 0.15) is 5.82 Å². The summed E-state index contributed by atoms with van der Waals surface area (Å²) in [6.07, 6.45) is 0. The Morgan fingerprint density at radius 3 is 2.15 bits per heavy atom. The molecule has 1 amide bonds. The normalized spacial score (nSPS) is 18.2. The van der Waals surface area contributed by atoms with Crippen molar-refractivity contribution in [2.24, 2.45) is 11.8 Å². The maximum atomic E-state index is 13.3. The van der Waals surface area contributed by atoms with Gasteiger partial charge >= 0.3 is 0 Å². The van der Waals surface area contributed by atoms with Crippen LogP contribution in [0.25, 0.3) is 0 Å². The predicted octanol–water partition coefficient (Wildman–Crippen LogP) is 3.57. The number of nitrogens with one attached hydrogen (secondary N) is 1. The van der Waals surface area contributed by atoms with Crippen LogP contribution in [0, 0.1) is 17.7 Å². The molecule has 0 aliphatic carbocycles. The molecule has 1 fully saturated rings. The van der Waals surface area contributed by atoms with E-state index in [0.29, 0.717) is 31.7 Å². The van der Waals surface area contributed by atoms with Crippen LogP contribution in [0.4, 0.5) is 4.39 Å². The summed E-state index contributed by atoms with van der Waals surface area (Å²) in [6, 6.07) is 22.8. The van der Waals surface area contributed by atoms with Crippen LogP contribution < -0.4 is 5.32 Å². The molecule has 0 bridgehead atoms. The average Bonchev–Trinajstić information content (AvgIpc) is 3.27. The second-order valence-electron chi connectivity index (χ2n) is 8.46. The first-order valence-corrected chi connectivity index (χ1v) is 11.1. The van der Waals surface area contributed by atoms with E-state index in [4.69, 9.17) is 0 Å². The Bertz CT molecular complexity index is 1080. The second kappa shape index (κ2) is 10.5. The second-order valence-corrected chi connectivity index (χ2v) is 8.46. The van der Waals surface area contributed by atoms with Gasteiger partial charge in [0.05, 0.1) is 12.5 Å². The summed E-state index contributed by atoms with van der Waals surface area (Å²) < 4.78 is 13.3. The number of carbonyl (C=O) groups excluding carboxylic acids is 2. The molecule has 0 radical (unpaired) electrons. The molecule has 33 heavy (non-hydrogen) atoms. The monoisotopic (exact) mass is 446 g/mol. The van der Waals surface area contributed by atoms with Crippen LogP contribution in [0.15, 0.2) is 78.9 Å². The van der Waals surface area contributed by atoms with Crippen LogP contribution in [0.2, 0.25) is 0 Å². The summed E-state index contributed by atoms with van der Waals surface area (Å²) in [4.78, 5) is 28.5. The number of benzene rings is 3. The number of carbonyl (C=O) groups is 2. The Morgan fingerprint density at radius 1 is 0.848 bits per heavy atom. The van der Waals surface area contributed by atoms with Crippen LogP contribution in [-0.4, -0.2) is 34.8 Å². The van der Waals surface area contributed by atoms with E-state index >= 15 is 0 Å². The topological polar surface area (TPSA) is 69.6 Å². The van der Waals surface area contributed by atoms with Gasteiger partial charge in [-0.05, 0) is 41.0 Å². The highest BCUT2D eigenvalue weighted by molar-refractivity contribution is 6.01. The third kappa shape index (κ3) is 5.72. The molecule has 0 aromatic heterocycles. The van der Waals surface area contributed by atoms with E-state index < -0.39 is 17.7 Å². The number of rotatable bonds is 8. The van der Waals surface area contributed by atoms with E-state index in [0.717, 1.165) is 16.7 Å². The van der Waals surface area contributed by atoms with E-state index in [-0.39, 0.29) is 18.3 Å². The molecule has 1 heterocycles. The molecule has 0 saturated carbocycles. The number of amides is 1. The lowest BCUT2D eigenvalue weighted by molar-refractivity contribution is -0.125. The molecule has 3 aromatic rings. The number of aliphatic hydroxyl groups excluding tert-OH is 1. The van der Waals surface area contributed by atoms with Gasteiger partial charge in [-0.1, -0.05) is 54.6 Å². The molecule has 1 saturated heterocycles.